The number of nitrogens with two attached hydrogens (primary N) is 1. The molecule has 0 aromatic heterocycles. The fraction of sp³-hybridized carbons (Fsp3) is 0.571. The van der Waals surface area contributed by atoms with E-state index in [-0.39, 0.29) is 5.54 Å². The van der Waals surface area contributed by atoms with Crippen LogP contribution in [-0.4, -0.2) is 31.4 Å². The van der Waals surface area contributed by atoms with Gasteiger partial charge in [0, 0.05) is 18.6 Å². The number of hydrogen-bond acceptors (Lipinski definition) is 3. The van der Waals surface area contributed by atoms with E-state index in [1.807, 2.05) is 13.0 Å². The molecule has 1 aliphatic carbocycles. The number of sulfonamides is 1. The van der Waals surface area contributed by atoms with Gasteiger partial charge in [-0.15, -0.1) is 0 Å². The highest BCUT2D eigenvalue weighted by molar-refractivity contribution is 7.89. The van der Waals surface area contributed by atoms with Crippen LogP contribution in [0, 0.1) is 0 Å². The zero-order valence-corrected chi connectivity index (χ0v) is 12.2. The lowest BCUT2D eigenvalue weighted by Gasteiger charge is -2.38. The van der Waals surface area contributed by atoms with Crippen molar-refractivity contribution in [3.63, 3.8) is 0 Å². The molecule has 0 radical (unpaired) electrons. The molecule has 0 atom stereocenters. The molecule has 0 heterocycles. The molecule has 2 N–H and O–H groups in total. The number of likely N-dealkylation sites (N-methyl/N-ethyl adjacent to an activating group) is 1. The van der Waals surface area contributed by atoms with Crippen LogP contribution in [0.2, 0.25) is 0 Å². The first-order valence-corrected chi connectivity index (χ1v) is 8.29. The van der Waals surface area contributed by atoms with E-state index >= 15 is 0 Å². The standard InChI is InChI=1S/C14H22N2O2S/c1-2-16(14(12-15)10-6-7-11-14)19(17,18)13-8-4-3-5-9-13/h3-5,8-9H,2,6-7,10-12,15H2,1H3. The van der Waals surface area contributed by atoms with E-state index in [2.05, 4.69) is 0 Å². The van der Waals surface area contributed by atoms with Gasteiger partial charge in [-0.05, 0) is 25.0 Å². The largest absolute Gasteiger partial charge is 0.329 e. The highest BCUT2D eigenvalue weighted by Gasteiger charge is 2.44. The van der Waals surface area contributed by atoms with Gasteiger partial charge in [-0.2, -0.15) is 4.31 Å². The number of rotatable bonds is 5. The van der Waals surface area contributed by atoms with E-state index in [9.17, 15) is 8.42 Å². The molecular formula is C14H22N2O2S. The summed E-state index contributed by atoms with van der Waals surface area (Å²) >= 11 is 0. The van der Waals surface area contributed by atoms with Gasteiger partial charge in [-0.25, -0.2) is 8.42 Å². The predicted octanol–water partition coefficient (Wildman–Crippen LogP) is 1.97. The molecule has 2 rings (SSSR count). The first-order chi connectivity index (χ1) is 9.07. The van der Waals surface area contributed by atoms with Crippen LogP contribution in [0.4, 0.5) is 0 Å². The Labute approximate surface area is 115 Å². The van der Waals surface area contributed by atoms with Crippen LogP contribution in [0.5, 0.6) is 0 Å². The molecule has 4 nitrogen and oxygen atoms in total. The van der Waals surface area contributed by atoms with Gasteiger partial charge in [-0.3, -0.25) is 0 Å². The van der Waals surface area contributed by atoms with Crippen molar-refractivity contribution in [3.05, 3.63) is 30.3 Å². The first-order valence-electron chi connectivity index (χ1n) is 6.85. The number of hydrogen-bond donors (Lipinski definition) is 1. The van der Waals surface area contributed by atoms with E-state index in [4.69, 9.17) is 5.73 Å². The van der Waals surface area contributed by atoms with Crippen molar-refractivity contribution in [2.24, 2.45) is 5.73 Å². The first kappa shape index (κ1) is 14.5. The van der Waals surface area contributed by atoms with Crippen molar-refractivity contribution in [2.45, 2.75) is 43.0 Å². The summed E-state index contributed by atoms with van der Waals surface area (Å²) in [5.41, 5.74) is 5.53. The lowest BCUT2D eigenvalue weighted by Crippen LogP contribution is -2.54. The third-order valence-corrected chi connectivity index (χ3v) is 6.16. The topological polar surface area (TPSA) is 63.4 Å². The normalized spacial score (nSPS) is 18.9. The summed E-state index contributed by atoms with van der Waals surface area (Å²) in [6, 6.07) is 8.63. The molecule has 1 aliphatic rings. The van der Waals surface area contributed by atoms with Gasteiger partial charge in [0.2, 0.25) is 10.0 Å². The Morgan fingerprint density at radius 3 is 2.26 bits per heavy atom. The van der Waals surface area contributed by atoms with E-state index < -0.39 is 10.0 Å². The maximum atomic E-state index is 12.8. The summed E-state index contributed by atoms with van der Waals surface area (Å²) < 4.78 is 27.2. The zero-order chi connectivity index (χ0) is 13.9. The van der Waals surface area contributed by atoms with Crippen LogP contribution in [-0.2, 0) is 10.0 Å². The molecule has 0 amide bonds. The van der Waals surface area contributed by atoms with Crippen LogP contribution in [0.3, 0.4) is 0 Å². The van der Waals surface area contributed by atoms with Gasteiger partial charge in [-0.1, -0.05) is 38.0 Å². The lowest BCUT2D eigenvalue weighted by molar-refractivity contribution is 0.205. The minimum absolute atomic E-state index is 0.358. The van der Waals surface area contributed by atoms with Gasteiger partial charge < -0.3 is 5.73 Å². The molecule has 0 spiro atoms. The molecule has 106 valence electrons. The summed E-state index contributed by atoms with van der Waals surface area (Å²) in [5.74, 6) is 0. The number of nitrogens with zero attached hydrogens (tertiary/aromatic N) is 1. The average molecular weight is 282 g/mol. The fourth-order valence-corrected chi connectivity index (χ4v) is 4.93. The van der Waals surface area contributed by atoms with Gasteiger partial charge in [0.25, 0.3) is 0 Å². The van der Waals surface area contributed by atoms with Gasteiger partial charge >= 0.3 is 0 Å². The van der Waals surface area contributed by atoms with E-state index in [0.29, 0.717) is 18.0 Å². The Kier molecular flexibility index (Phi) is 4.28. The van der Waals surface area contributed by atoms with E-state index in [1.54, 1.807) is 28.6 Å². The molecule has 0 bridgehead atoms. The van der Waals surface area contributed by atoms with Crippen molar-refractivity contribution < 1.29 is 8.42 Å². The Morgan fingerprint density at radius 1 is 1.21 bits per heavy atom. The summed E-state index contributed by atoms with van der Waals surface area (Å²) in [4.78, 5) is 0.358. The van der Waals surface area contributed by atoms with Crippen molar-refractivity contribution in [1.82, 2.24) is 4.31 Å². The quantitative estimate of drug-likeness (QED) is 0.898. The lowest BCUT2D eigenvalue weighted by atomic mass is 9.98. The molecule has 1 aromatic carbocycles. The second kappa shape index (κ2) is 5.61. The summed E-state index contributed by atoms with van der Waals surface area (Å²) in [6.45, 7) is 2.75. The maximum absolute atomic E-state index is 12.8. The Morgan fingerprint density at radius 2 is 1.79 bits per heavy atom. The zero-order valence-electron chi connectivity index (χ0n) is 11.4. The maximum Gasteiger partial charge on any atom is 0.243 e. The van der Waals surface area contributed by atoms with Crippen LogP contribution in [0.25, 0.3) is 0 Å². The highest BCUT2D eigenvalue weighted by atomic mass is 32.2. The van der Waals surface area contributed by atoms with Crippen LogP contribution < -0.4 is 5.73 Å². The molecular weight excluding hydrogens is 260 g/mol. The van der Waals surface area contributed by atoms with Crippen LogP contribution in [0.1, 0.15) is 32.6 Å². The van der Waals surface area contributed by atoms with Gasteiger partial charge in [0.05, 0.1) is 4.90 Å². The highest BCUT2D eigenvalue weighted by Crippen LogP contribution is 2.37. The second-order valence-corrected chi connectivity index (χ2v) is 6.98. The van der Waals surface area contributed by atoms with Crippen LogP contribution in [0.15, 0.2) is 35.2 Å². The SMILES string of the molecule is CCN(C1(CN)CCCC1)S(=O)(=O)c1ccccc1. The van der Waals surface area contributed by atoms with Crippen molar-refractivity contribution in [2.75, 3.05) is 13.1 Å². The summed E-state index contributed by atoms with van der Waals surface area (Å²) in [6.07, 6.45) is 3.84. The van der Waals surface area contributed by atoms with Gasteiger partial charge in [0.1, 0.15) is 0 Å². The fourth-order valence-electron chi connectivity index (χ4n) is 3.07. The minimum Gasteiger partial charge on any atom is -0.329 e. The molecule has 19 heavy (non-hydrogen) atoms. The minimum atomic E-state index is -3.45. The van der Waals surface area contributed by atoms with Crippen molar-refractivity contribution >= 4 is 10.0 Å². The monoisotopic (exact) mass is 282 g/mol. The molecule has 1 aromatic rings. The van der Waals surface area contributed by atoms with Crippen LogP contribution >= 0.6 is 0 Å². The molecule has 0 saturated heterocycles. The summed E-state index contributed by atoms with van der Waals surface area (Å²) in [7, 11) is -3.45. The van der Waals surface area contributed by atoms with E-state index in [0.717, 1.165) is 25.7 Å². The molecule has 1 fully saturated rings. The number of benzene rings is 1. The smallest absolute Gasteiger partial charge is 0.243 e. The Bertz CT molecular complexity index is 508. The summed E-state index contributed by atoms with van der Waals surface area (Å²) in [5, 5.41) is 0. The Hall–Kier alpha value is -0.910. The predicted molar refractivity (Wildman–Crippen MR) is 76.3 cm³/mol. The van der Waals surface area contributed by atoms with Gasteiger partial charge in [0.15, 0.2) is 0 Å². The molecule has 1 saturated carbocycles. The molecule has 0 aliphatic heterocycles. The van der Waals surface area contributed by atoms with Crippen molar-refractivity contribution in [3.8, 4) is 0 Å². The second-order valence-electron chi connectivity index (χ2n) is 5.12. The Balaban J connectivity index is 2.42. The third kappa shape index (κ3) is 2.55. The third-order valence-electron chi connectivity index (χ3n) is 4.06. The molecule has 0 unspecified atom stereocenters. The molecule has 5 heteroatoms. The van der Waals surface area contributed by atoms with Crippen molar-refractivity contribution in [1.29, 1.82) is 0 Å². The van der Waals surface area contributed by atoms with E-state index in [1.165, 1.54) is 0 Å². The average Bonchev–Trinajstić information content (AvgIpc) is 2.90.